The number of halogens is 1. The van der Waals surface area contributed by atoms with Gasteiger partial charge in [0, 0.05) is 24.6 Å². The lowest BCUT2D eigenvalue weighted by Crippen LogP contribution is -2.26. The maximum Gasteiger partial charge on any atom is 0.309 e. The molecule has 1 aliphatic rings. The molecule has 0 fully saturated rings. The van der Waals surface area contributed by atoms with E-state index in [1.165, 1.54) is 11.8 Å². The minimum Gasteiger partial charge on any atom is -0.296 e. The number of carbonyl (C=O) groups is 1. The van der Waals surface area contributed by atoms with Crippen LogP contribution in [0.4, 0.5) is 11.5 Å². The molecule has 0 atom stereocenters. The van der Waals surface area contributed by atoms with Gasteiger partial charge in [-0.3, -0.25) is 19.8 Å². The number of aromatic nitrogens is 1. The van der Waals surface area contributed by atoms with E-state index < -0.39 is 4.92 Å². The highest BCUT2D eigenvalue weighted by atomic mass is 35.5. The predicted molar refractivity (Wildman–Crippen MR) is 62.4 cm³/mol. The number of anilines is 1. The Kier molecular flexibility index (Phi) is 2.74. The number of hydrogen-bond acceptors (Lipinski definition) is 4. The van der Waals surface area contributed by atoms with Gasteiger partial charge in [0.25, 0.3) is 0 Å². The molecule has 2 rings (SSSR count). The first-order chi connectivity index (χ1) is 7.93. The Morgan fingerprint density at radius 1 is 1.59 bits per heavy atom. The van der Waals surface area contributed by atoms with Gasteiger partial charge in [-0.2, -0.15) is 0 Å². The van der Waals surface area contributed by atoms with Crippen LogP contribution in [0, 0.1) is 17.0 Å². The van der Waals surface area contributed by atoms with Crippen molar-refractivity contribution in [3.05, 3.63) is 26.4 Å². The second-order valence-electron chi connectivity index (χ2n) is 3.86. The van der Waals surface area contributed by atoms with Crippen molar-refractivity contribution in [2.75, 3.05) is 11.4 Å². The molecular formula is C10H10ClN3O3. The summed E-state index contributed by atoms with van der Waals surface area (Å²) in [6.45, 7) is 3.56. The molecule has 0 aromatic carbocycles. The van der Waals surface area contributed by atoms with Crippen LogP contribution >= 0.6 is 11.6 Å². The molecule has 0 spiro atoms. The molecule has 0 radical (unpaired) electrons. The summed E-state index contributed by atoms with van der Waals surface area (Å²) in [5, 5.41) is 10.7. The van der Waals surface area contributed by atoms with Crippen molar-refractivity contribution in [2.45, 2.75) is 20.3 Å². The van der Waals surface area contributed by atoms with E-state index in [1.54, 1.807) is 6.92 Å². The van der Waals surface area contributed by atoms with E-state index in [0.29, 0.717) is 24.3 Å². The molecule has 0 unspecified atom stereocenters. The molecule has 1 aromatic rings. The SMILES string of the molecule is CC(=O)N1CCc2c1nc(Cl)c([N+](=O)[O-])c2C. The molecule has 0 N–H and O–H groups in total. The molecule has 0 bridgehead atoms. The number of fused-ring (bicyclic) bond motifs is 1. The molecule has 7 heteroatoms. The van der Waals surface area contributed by atoms with E-state index in [9.17, 15) is 14.9 Å². The van der Waals surface area contributed by atoms with Gasteiger partial charge in [0.15, 0.2) is 0 Å². The standard InChI is InChI=1S/C10H10ClN3O3/c1-5-7-3-4-13(6(2)15)10(7)12-9(11)8(5)14(16)17/h3-4H2,1-2H3. The van der Waals surface area contributed by atoms with Gasteiger partial charge in [0.1, 0.15) is 5.82 Å². The Bertz CT molecular complexity index is 530. The van der Waals surface area contributed by atoms with Crippen LogP contribution in [0.15, 0.2) is 0 Å². The van der Waals surface area contributed by atoms with Crippen LogP contribution in [-0.4, -0.2) is 22.4 Å². The minimum atomic E-state index is -0.540. The molecule has 17 heavy (non-hydrogen) atoms. The fourth-order valence-corrected chi connectivity index (χ4v) is 2.34. The van der Waals surface area contributed by atoms with Crippen LogP contribution in [0.25, 0.3) is 0 Å². The summed E-state index contributed by atoms with van der Waals surface area (Å²) in [6.07, 6.45) is 0.575. The van der Waals surface area contributed by atoms with E-state index >= 15 is 0 Å². The summed E-state index contributed by atoms with van der Waals surface area (Å²) < 4.78 is 0. The summed E-state index contributed by atoms with van der Waals surface area (Å²) in [5.41, 5.74) is 1.06. The summed E-state index contributed by atoms with van der Waals surface area (Å²) >= 11 is 5.79. The van der Waals surface area contributed by atoms with E-state index in [0.717, 1.165) is 5.56 Å². The van der Waals surface area contributed by atoms with E-state index in [2.05, 4.69) is 4.98 Å². The van der Waals surface area contributed by atoms with Crippen molar-refractivity contribution >= 4 is 29.0 Å². The van der Waals surface area contributed by atoms with Gasteiger partial charge >= 0.3 is 5.69 Å². The van der Waals surface area contributed by atoms with Gasteiger partial charge in [0.05, 0.1) is 4.92 Å². The second kappa shape index (κ2) is 3.96. The van der Waals surface area contributed by atoms with Gasteiger partial charge in [-0.05, 0) is 13.3 Å². The lowest BCUT2D eigenvalue weighted by molar-refractivity contribution is -0.385. The third-order valence-corrected chi connectivity index (χ3v) is 3.14. The van der Waals surface area contributed by atoms with Crippen molar-refractivity contribution in [1.82, 2.24) is 4.98 Å². The van der Waals surface area contributed by atoms with Crippen molar-refractivity contribution in [2.24, 2.45) is 0 Å². The molecule has 1 amide bonds. The fraction of sp³-hybridized carbons (Fsp3) is 0.400. The first kappa shape index (κ1) is 11.8. The summed E-state index contributed by atoms with van der Waals surface area (Å²) in [6, 6.07) is 0. The highest BCUT2D eigenvalue weighted by Gasteiger charge is 2.31. The third kappa shape index (κ3) is 1.74. The zero-order valence-corrected chi connectivity index (χ0v) is 10.1. The summed E-state index contributed by atoms with van der Waals surface area (Å²) in [5.74, 6) is 0.311. The van der Waals surface area contributed by atoms with Crippen molar-refractivity contribution in [3.8, 4) is 0 Å². The Morgan fingerprint density at radius 2 is 2.24 bits per heavy atom. The Morgan fingerprint density at radius 3 is 2.76 bits per heavy atom. The largest absolute Gasteiger partial charge is 0.309 e. The third-order valence-electron chi connectivity index (χ3n) is 2.88. The average molecular weight is 256 g/mol. The van der Waals surface area contributed by atoms with Crippen molar-refractivity contribution in [3.63, 3.8) is 0 Å². The maximum atomic E-state index is 11.4. The normalized spacial score (nSPS) is 13.7. The van der Waals surface area contributed by atoms with Crippen LogP contribution < -0.4 is 4.90 Å². The second-order valence-corrected chi connectivity index (χ2v) is 4.21. The lowest BCUT2D eigenvalue weighted by Gasteiger charge is -2.14. The van der Waals surface area contributed by atoms with Crippen molar-refractivity contribution < 1.29 is 9.72 Å². The number of hydrogen-bond donors (Lipinski definition) is 0. The number of nitrogens with zero attached hydrogens (tertiary/aromatic N) is 3. The number of amides is 1. The smallest absolute Gasteiger partial charge is 0.296 e. The zero-order chi connectivity index (χ0) is 12.7. The topological polar surface area (TPSA) is 76.3 Å². The molecule has 0 saturated carbocycles. The van der Waals surface area contributed by atoms with Gasteiger partial charge in [-0.1, -0.05) is 11.6 Å². The molecule has 1 aliphatic heterocycles. The molecular weight excluding hydrogens is 246 g/mol. The number of pyridine rings is 1. The van der Waals surface area contributed by atoms with Gasteiger partial charge < -0.3 is 0 Å². The molecule has 0 saturated heterocycles. The maximum absolute atomic E-state index is 11.4. The first-order valence-electron chi connectivity index (χ1n) is 5.05. The highest BCUT2D eigenvalue weighted by Crippen LogP contribution is 2.37. The van der Waals surface area contributed by atoms with E-state index in [1.807, 2.05) is 0 Å². The number of rotatable bonds is 1. The van der Waals surface area contributed by atoms with Crippen LogP contribution in [0.3, 0.4) is 0 Å². The molecule has 90 valence electrons. The van der Waals surface area contributed by atoms with Crippen LogP contribution in [0.1, 0.15) is 18.1 Å². The Hall–Kier alpha value is -1.69. The zero-order valence-electron chi connectivity index (χ0n) is 9.36. The molecule has 1 aromatic heterocycles. The van der Waals surface area contributed by atoms with Crippen LogP contribution in [0.2, 0.25) is 5.15 Å². The fourth-order valence-electron chi connectivity index (χ4n) is 2.05. The Labute approximate surface area is 102 Å². The van der Waals surface area contributed by atoms with Gasteiger partial charge in [-0.25, -0.2) is 4.98 Å². The lowest BCUT2D eigenvalue weighted by atomic mass is 10.1. The molecule has 0 aliphatic carbocycles. The quantitative estimate of drug-likeness (QED) is 0.436. The minimum absolute atomic E-state index is 0.138. The molecule has 6 nitrogen and oxygen atoms in total. The van der Waals surface area contributed by atoms with Crippen molar-refractivity contribution in [1.29, 1.82) is 0 Å². The number of nitro groups is 1. The van der Waals surface area contributed by atoms with E-state index in [4.69, 9.17) is 11.6 Å². The molecule has 2 heterocycles. The van der Waals surface area contributed by atoms with Gasteiger partial charge in [-0.15, -0.1) is 0 Å². The number of carbonyl (C=O) groups excluding carboxylic acids is 1. The van der Waals surface area contributed by atoms with Gasteiger partial charge in [0.2, 0.25) is 11.1 Å². The monoisotopic (exact) mass is 255 g/mol. The average Bonchev–Trinajstić information content (AvgIpc) is 2.60. The highest BCUT2D eigenvalue weighted by molar-refractivity contribution is 6.31. The summed E-state index contributed by atoms with van der Waals surface area (Å²) in [4.78, 5) is 27.1. The summed E-state index contributed by atoms with van der Waals surface area (Å²) in [7, 11) is 0. The predicted octanol–water partition coefficient (Wildman–Crippen LogP) is 1.86. The van der Waals surface area contributed by atoms with E-state index in [-0.39, 0.29) is 16.7 Å². The van der Waals surface area contributed by atoms with Crippen LogP contribution in [-0.2, 0) is 11.2 Å². The Balaban J connectivity index is 2.64. The first-order valence-corrected chi connectivity index (χ1v) is 5.42. The van der Waals surface area contributed by atoms with Crippen LogP contribution in [0.5, 0.6) is 0 Å².